The summed E-state index contributed by atoms with van der Waals surface area (Å²) in [5.41, 5.74) is 7.98. The van der Waals surface area contributed by atoms with Gasteiger partial charge in [0.05, 0.1) is 6.61 Å². The number of hydrogen-bond acceptors (Lipinski definition) is 2. The molecule has 1 aromatic carbocycles. The van der Waals surface area contributed by atoms with Crippen LogP contribution in [0.2, 0.25) is 0 Å². The van der Waals surface area contributed by atoms with Gasteiger partial charge < -0.3 is 4.74 Å². The topological polar surface area (TPSA) is 58.0 Å². The molecule has 0 N–H and O–H groups in total. The predicted octanol–water partition coefficient (Wildman–Crippen LogP) is 3.04. The Morgan fingerprint density at radius 2 is 2.13 bits per heavy atom. The fourth-order valence-corrected chi connectivity index (χ4v) is 0.937. The quantitative estimate of drug-likeness (QED) is 0.321. The second-order valence-electron chi connectivity index (χ2n) is 2.73. The van der Waals surface area contributed by atoms with Gasteiger partial charge >= 0.3 is 0 Å². The van der Waals surface area contributed by atoms with Gasteiger partial charge in [0.25, 0.3) is 0 Å². The lowest BCUT2D eigenvalue weighted by Gasteiger charge is -2.04. The van der Waals surface area contributed by atoms with E-state index in [1.807, 2.05) is 0 Å². The predicted molar refractivity (Wildman–Crippen MR) is 50.5 cm³/mol. The summed E-state index contributed by atoms with van der Waals surface area (Å²) in [6, 6.07) is 3.31. The van der Waals surface area contributed by atoms with Crippen LogP contribution in [0.25, 0.3) is 10.4 Å². The standard InChI is InChI=1S/C9H9F2N3O/c10-8-3-2-7(6-9(8)11)15-5-1-4-13-14-12/h2-3,6H,1,4-5H2. The first-order chi connectivity index (χ1) is 7.24. The van der Waals surface area contributed by atoms with Crippen molar-refractivity contribution in [3.63, 3.8) is 0 Å². The second kappa shape index (κ2) is 5.82. The molecule has 0 aliphatic heterocycles. The third-order valence-electron chi connectivity index (χ3n) is 1.63. The number of rotatable bonds is 5. The fraction of sp³-hybridized carbons (Fsp3) is 0.333. The van der Waals surface area contributed by atoms with Crippen molar-refractivity contribution in [1.29, 1.82) is 0 Å². The zero-order valence-electron chi connectivity index (χ0n) is 7.86. The molecule has 15 heavy (non-hydrogen) atoms. The summed E-state index contributed by atoms with van der Waals surface area (Å²) in [6.07, 6.45) is 0.531. The van der Waals surface area contributed by atoms with Crippen LogP contribution in [0.4, 0.5) is 8.78 Å². The zero-order chi connectivity index (χ0) is 11.1. The van der Waals surface area contributed by atoms with E-state index >= 15 is 0 Å². The van der Waals surface area contributed by atoms with Gasteiger partial charge in [-0.15, -0.1) is 0 Å². The molecule has 0 fully saturated rings. The first kappa shape index (κ1) is 11.3. The van der Waals surface area contributed by atoms with Crippen LogP contribution in [0.5, 0.6) is 5.75 Å². The van der Waals surface area contributed by atoms with Crippen molar-refractivity contribution in [3.8, 4) is 5.75 Å². The van der Waals surface area contributed by atoms with Crippen molar-refractivity contribution in [2.45, 2.75) is 6.42 Å². The highest BCUT2D eigenvalue weighted by Crippen LogP contribution is 2.15. The van der Waals surface area contributed by atoms with Crippen molar-refractivity contribution in [2.75, 3.05) is 13.2 Å². The second-order valence-corrected chi connectivity index (χ2v) is 2.73. The lowest BCUT2D eigenvalue weighted by atomic mass is 10.3. The van der Waals surface area contributed by atoms with Crippen molar-refractivity contribution >= 4 is 0 Å². The molecule has 0 atom stereocenters. The van der Waals surface area contributed by atoms with Gasteiger partial charge in [-0.2, -0.15) is 0 Å². The van der Waals surface area contributed by atoms with Crippen molar-refractivity contribution in [3.05, 3.63) is 40.3 Å². The Hall–Kier alpha value is -1.81. The number of ether oxygens (including phenoxy) is 1. The van der Waals surface area contributed by atoms with Gasteiger partial charge in [0.1, 0.15) is 5.75 Å². The van der Waals surface area contributed by atoms with Crippen LogP contribution in [0.3, 0.4) is 0 Å². The monoisotopic (exact) mass is 213 g/mol. The summed E-state index contributed by atoms with van der Waals surface area (Å²) in [6.45, 7) is 0.615. The Labute approximate surface area is 85.1 Å². The van der Waals surface area contributed by atoms with Gasteiger partial charge in [0, 0.05) is 17.5 Å². The Bertz CT molecular complexity index is 378. The highest BCUT2D eigenvalue weighted by atomic mass is 19.2. The maximum absolute atomic E-state index is 12.7. The van der Waals surface area contributed by atoms with Crippen molar-refractivity contribution in [1.82, 2.24) is 0 Å². The highest BCUT2D eigenvalue weighted by molar-refractivity contribution is 5.23. The molecule has 0 radical (unpaired) electrons. The van der Waals surface area contributed by atoms with Gasteiger partial charge in [-0.3, -0.25) is 0 Å². The van der Waals surface area contributed by atoms with Crippen LogP contribution >= 0.6 is 0 Å². The van der Waals surface area contributed by atoms with E-state index in [9.17, 15) is 8.78 Å². The molecule has 0 spiro atoms. The molecule has 0 bridgehead atoms. The smallest absolute Gasteiger partial charge is 0.162 e. The Morgan fingerprint density at radius 1 is 1.33 bits per heavy atom. The molecule has 0 aliphatic rings. The Kier molecular flexibility index (Phi) is 4.37. The summed E-state index contributed by atoms with van der Waals surface area (Å²) in [4.78, 5) is 2.57. The van der Waals surface area contributed by atoms with Gasteiger partial charge in [-0.05, 0) is 24.1 Å². The van der Waals surface area contributed by atoms with E-state index in [0.29, 0.717) is 19.6 Å². The van der Waals surface area contributed by atoms with Crippen LogP contribution in [0.1, 0.15) is 6.42 Å². The van der Waals surface area contributed by atoms with Crippen molar-refractivity contribution < 1.29 is 13.5 Å². The van der Waals surface area contributed by atoms with Gasteiger partial charge in [0.15, 0.2) is 11.6 Å². The molecule has 0 heterocycles. The molecule has 0 saturated carbocycles. The molecular formula is C9H9F2N3O. The molecule has 80 valence electrons. The van der Waals surface area contributed by atoms with Crippen LogP contribution in [0.15, 0.2) is 23.3 Å². The van der Waals surface area contributed by atoms with Crippen LogP contribution in [-0.2, 0) is 0 Å². The summed E-state index contributed by atoms with van der Waals surface area (Å²) >= 11 is 0. The Balaban J connectivity index is 2.37. The maximum atomic E-state index is 12.7. The van der Waals surface area contributed by atoms with E-state index in [4.69, 9.17) is 10.3 Å². The molecule has 6 heteroatoms. The van der Waals surface area contributed by atoms with E-state index in [-0.39, 0.29) is 5.75 Å². The molecule has 0 saturated heterocycles. The summed E-state index contributed by atoms with van der Waals surface area (Å²) in [7, 11) is 0. The van der Waals surface area contributed by atoms with Gasteiger partial charge in [-0.1, -0.05) is 5.11 Å². The van der Waals surface area contributed by atoms with E-state index in [1.54, 1.807) is 0 Å². The minimum atomic E-state index is -0.942. The van der Waals surface area contributed by atoms with Gasteiger partial charge in [-0.25, -0.2) is 8.78 Å². The molecule has 0 aromatic heterocycles. The minimum Gasteiger partial charge on any atom is -0.493 e. The first-order valence-corrected chi connectivity index (χ1v) is 4.33. The molecule has 1 rings (SSSR count). The molecule has 0 amide bonds. The van der Waals surface area contributed by atoms with E-state index in [1.165, 1.54) is 6.07 Å². The minimum absolute atomic E-state index is 0.259. The number of azide groups is 1. The SMILES string of the molecule is [N-]=[N+]=NCCCOc1ccc(F)c(F)c1. The van der Waals surface area contributed by atoms with Gasteiger partial charge in [0.2, 0.25) is 0 Å². The van der Waals surface area contributed by atoms with Crippen LogP contribution < -0.4 is 4.74 Å². The molecule has 4 nitrogen and oxygen atoms in total. The summed E-state index contributed by atoms with van der Waals surface area (Å²) in [5, 5.41) is 3.30. The molecule has 0 aliphatic carbocycles. The van der Waals surface area contributed by atoms with E-state index in [2.05, 4.69) is 10.0 Å². The van der Waals surface area contributed by atoms with E-state index < -0.39 is 11.6 Å². The van der Waals surface area contributed by atoms with Crippen LogP contribution in [0, 0.1) is 11.6 Å². The number of hydrogen-bond donors (Lipinski definition) is 0. The summed E-state index contributed by atoms with van der Waals surface area (Å²) < 4.78 is 30.3. The Morgan fingerprint density at radius 3 is 2.80 bits per heavy atom. The van der Waals surface area contributed by atoms with Crippen molar-refractivity contribution in [2.24, 2.45) is 5.11 Å². The number of halogens is 2. The first-order valence-electron chi connectivity index (χ1n) is 4.33. The average Bonchev–Trinajstić information content (AvgIpc) is 2.23. The molecule has 1 aromatic rings. The number of nitrogens with zero attached hydrogens (tertiary/aromatic N) is 3. The molecule has 0 unspecified atom stereocenters. The van der Waals surface area contributed by atoms with E-state index in [0.717, 1.165) is 12.1 Å². The zero-order valence-corrected chi connectivity index (χ0v) is 7.86. The highest BCUT2D eigenvalue weighted by Gasteiger charge is 2.02. The number of benzene rings is 1. The largest absolute Gasteiger partial charge is 0.493 e. The summed E-state index contributed by atoms with van der Waals surface area (Å²) in [5.74, 6) is -1.59. The lowest BCUT2D eigenvalue weighted by molar-refractivity contribution is 0.310. The normalized spacial score (nSPS) is 9.47. The third-order valence-corrected chi connectivity index (χ3v) is 1.63. The van der Waals surface area contributed by atoms with Crippen LogP contribution in [-0.4, -0.2) is 13.2 Å². The molecular weight excluding hydrogens is 204 g/mol. The average molecular weight is 213 g/mol. The third kappa shape index (κ3) is 3.83. The maximum Gasteiger partial charge on any atom is 0.162 e. The fourth-order valence-electron chi connectivity index (χ4n) is 0.937. The lowest BCUT2D eigenvalue weighted by Crippen LogP contribution is -1.99.